The first-order valence-electron chi connectivity index (χ1n) is 10.2. The Balaban J connectivity index is 1.57. The Morgan fingerprint density at radius 2 is 1.45 bits per heavy atom. The molecule has 1 heterocycles. The summed E-state index contributed by atoms with van der Waals surface area (Å²) in [5.41, 5.74) is 2.95. The summed E-state index contributed by atoms with van der Waals surface area (Å²) in [5.74, 6) is 1.56. The molecule has 1 aliphatic rings. The maximum atomic E-state index is 13.1. The van der Waals surface area contributed by atoms with Gasteiger partial charge in [-0.25, -0.2) is 0 Å². The summed E-state index contributed by atoms with van der Waals surface area (Å²) in [7, 11) is 3.28. The van der Waals surface area contributed by atoms with Crippen LogP contribution < -0.4 is 14.4 Å². The Labute approximate surface area is 182 Å². The normalized spacial score (nSPS) is 18.1. The van der Waals surface area contributed by atoms with Crippen LogP contribution in [0.25, 0.3) is 0 Å². The van der Waals surface area contributed by atoms with Crippen LogP contribution in [0, 0.1) is 5.92 Å². The smallest absolute Gasteiger partial charge is 0.236 e. The predicted octanol–water partition coefficient (Wildman–Crippen LogP) is 4.91. The molecule has 0 aromatic heterocycles. The summed E-state index contributed by atoms with van der Waals surface area (Å²) >= 11 is 0. The minimum Gasteiger partial charge on any atom is -0.508 e. The third-order valence-corrected chi connectivity index (χ3v) is 5.58. The molecule has 0 saturated carbocycles. The van der Waals surface area contributed by atoms with Crippen molar-refractivity contribution in [3.8, 4) is 17.2 Å². The number of phenolic OH excluding ortho intramolecular Hbond substituents is 1. The SMILES string of the molecule is COc1ccc(C/C=C/[C@H]2C(=O)N(c3ccc(O)cc3)[C@@H]2c2ccc(OC)cc2)cc1. The van der Waals surface area contributed by atoms with Crippen LogP contribution in [0.5, 0.6) is 17.2 Å². The third kappa shape index (κ3) is 4.26. The number of carbonyl (C=O) groups excluding carboxylic acids is 1. The fraction of sp³-hybridized carbons (Fsp3) is 0.192. The van der Waals surface area contributed by atoms with E-state index in [1.54, 1.807) is 43.4 Å². The van der Waals surface area contributed by atoms with Gasteiger partial charge in [0.05, 0.1) is 26.2 Å². The first-order valence-corrected chi connectivity index (χ1v) is 10.2. The number of ether oxygens (including phenoxy) is 2. The molecule has 0 unspecified atom stereocenters. The highest BCUT2D eigenvalue weighted by Gasteiger charge is 2.47. The average molecular weight is 415 g/mol. The van der Waals surface area contributed by atoms with Crippen LogP contribution >= 0.6 is 0 Å². The van der Waals surface area contributed by atoms with Crippen LogP contribution in [0.1, 0.15) is 17.2 Å². The van der Waals surface area contributed by atoms with Crippen molar-refractivity contribution in [1.82, 2.24) is 0 Å². The maximum Gasteiger partial charge on any atom is 0.236 e. The zero-order valence-corrected chi connectivity index (χ0v) is 17.6. The van der Waals surface area contributed by atoms with Crippen molar-refractivity contribution in [2.45, 2.75) is 12.5 Å². The molecule has 1 amide bonds. The number of anilines is 1. The van der Waals surface area contributed by atoms with Gasteiger partial charge in [0.2, 0.25) is 5.91 Å². The molecule has 31 heavy (non-hydrogen) atoms. The summed E-state index contributed by atoms with van der Waals surface area (Å²) in [4.78, 5) is 14.8. The number of hydrogen-bond donors (Lipinski definition) is 1. The number of aromatic hydroxyl groups is 1. The second kappa shape index (κ2) is 8.96. The molecule has 2 atom stereocenters. The van der Waals surface area contributed by atoms with Gasteiger partial charge in [-0.05, 0) is 66.1 Å². The summed E-state index contributed by atoms with van der Waals surface area (Å²) in [6.45, 7) is 0. The van der Waals surface area contributed by atoms with Gasteiger partial charge in [0.15, 0.2) is 0 Å². The average Bonchev–Trinajstić information content (AvgIpc) is 2.81. The Bertz CT molecular complexity index is 1060. The second-order valence-electron chi connectivity index (χ2n) is 7.45. The number of hydrogen-bond acceptors (Lipinski definition) is 4. The molecule has 1 saturated heterocycles. The van der Waals surface area contributed by atoms with Crippen molar-refractivity contribution in [1.29, 1.82) is 0 Å². The lowest BCUT2D eigenvalue weighted by Gasteiger charge is -2.46. The summed E-state index contributed by atoms with van der Waals surface area (Å²) in [6.07, 6.45) is 4.79. The monoisotopic (exact) mass is 415 g/mol. The van der Waals surface area contributed by atoms with Crippen LogP contribution in [0.2, 0.25) is 0 Å². The summed E-state index contributed by atoms with van der Waals surface area (Å²) in [5, 5.41) is 9.61. The van der Waals surface area contributed by atoms with E-state index in [1.807, 2.05) is 54.6 Å². The van der Waals surface area contributed by atoms with Crippen LogP contribution in [0.15, 0.2) is 84.9 Å². The minimum atomic E-state index is -0.250. The van der Waals surface area contributed by atoms with E-state index in [0.29, 0.717) is 0 Å². The fourth-order valence-electron chi connectivity index (χ4n) is 3.87. The zero-order chi connectivity index (χ0) is 21.8. The number of rotatable bonds is 7. The van der Waals surface area contributed by atoms with E-state index in [1.165, 1.54) is 0 Å². The van der Waals surface area contributed by atoms with E-state index < -0.39 is 0 Å². The molecular weight excluding hydrogens is 390 g/mol. The van der Waals surface area contributed by atoms with Gasteiger partial charge in [-0.1, -0.05) is 36.4 Å². The molecule has 5 nitrogen and oxygen atoms in total. The predicted molar refractivity (Wildman–Crippen MR) is 121 cm³/mol. The number of phenols is 1. The highest BCUT2D eigenvalue weighted by molar-refractivity contribution is 6.04. The number of allylic oxidation sites excluding steroid dienone is 1. The van der Waals surface area contributed by atoms with E-state index in [4.69, 9.17) is 9.47 Å². The number of nitrogens with zero attached hydrogens (tertiary/aromatic N) is 1. The van der Waals surface area contributed by atoms with E-state index in [-0.39, 0.29) is 23.6 Å². The lowest BCUT2D eigenvalue weighted by molar-refractivity contribution is -0.128. The third-order valence-electron chi connectivity index (χ3n) is 5.58. The van der Waals surface area contributed by atoms with Crippen molar-refractivity contribution in [2.24, 2.45) is 5.92 Å². The Morgan fingerprint density at radius 3 is 2.03 bits per heavy atom. The molecule has 0 aliphatic carbocycles. The molecular formula is C26H25NO4. The molecule has 0 bridgehead atoms. The van der Waals surface area contributed by atoms with E-state index in [9.17, 15) is 9.90 Å². The van der Waals surface area contributed by atoms with Crippen LogP contribution in [-0.2, 0) is 11.2 Å². The first-order chi connectivity index (χ1) is 15.1. The molecule has 1 fully saturated rings. The Hall–Kier alpha value is -3.73. The van der Waals surface area contributed by atoms with Crippen LogP contribution in [0.3, 0.4) is 0 Å². The van der Waals surface area contributed by atoms with Gasteiger partial charge in [-0.3, -0.25) is 4.79 Å². The van der Waals surface area contributed by atoms with Crippen molar-refractivity contribution in [3.63, 3.8) is 0 Å². The second-order valence-corrected chi connectivity index (χ2v) is 7.45. The largest absolute Gasteiger partial charge is 0.508 e. The molecule has 4 rings (SSSR count). The molecule has 0 radical (unpaired) electrons. The molecule has 1 aliphatic heterocycles. The Morgan fingerprint density at radius 1 is 0.871 bits per heavy atom. The highest BCUT2D eigenvalue weighted by atomic mass is 16.5. The molecule has 0 spiro atoms. The summed E-state index contributed by atoms with van der Waals surface area (Å²) in [6, 6.07) is 22.3. The van der Waals surface area contributed by atoms with Crippen molar-refractivity contribution >= 4 is 11.6 Å². The summed E-state index contributed by atoms with van der Waals surface area (Å²) < 4.78 is 10.5. The van der Waals surface area contributed by atoms with Gasteiger partial charge in [-0.15, -0.1) is 0 Å². The van der Waals surface area contributed by atoms with E-state index in [2.05, 4.69) is 6.08 Å². The number of β-lactam (4-membered cyclic amide) rings is 1. The van der Waals surface area contributed by atoms with Crippen molar-refractivity contribution in [2.75, 3.05) is 19.1 Å². The zero-order valence-electron chi connectivity index (χ0n) is 17.6. The van der Waals surface area contributed by atoms with Gasteiger partial charge >= 0.3 is 0 Å². The van der Waals surface area contributed by atoms with Crippen molar-refractivity contribution < 1.29 is 19.4 Å². The van der Waals surface area contributed by atoms with Gasteiger partial charge < -0.3 is 19.5 Å². The van der Waals surface area contributed by atoms with Gasteiger partial charge in [-0.2, -0.15) is 0 Å². The van der Waals surface area contributed by atoms with Crippen LogP contribution in [-0.4, -0.2) is 25.2 Å². The molecule has 5 heteroatoms. The fourth-order valence-corrected chi connectivity index (χ4v) is 3.87. The van der Waals surface area contributed by atoms with Gasteiger partial charge in [0, 0.05) is 5.69 Å². The minimum absolute atomic E-state index is 0.0393. The van der Waals surface area contributed by atoms with Crippen molar-refractivity contribution in [3.05, 3.63) is 96.1 Å². The Kier molecular flexibility index (Phi) is 5.94. The number of benzene rings is 3. The van der Waals surface area contributed by atoms with Crippen LogP contribution in [0.4, 0.5) is 5.69 Å². The van der Waals surface area contributed by atoms with E-state index in [0.717, 1.165) is 34.7 Å². The molecule has 3 aromatic rings. The quantitative estimate of drug-likeness (QED) is 0.440. The highest BCUT2D eigenvalue weighted by Crippen LogP contribution is 2.44. The number of carbonyl (C=O) groups is 1. The standard InChI is InChI=1S/C26H25NO4/c1-30-22-14-6-18(7-15-22)4-3-5-24-25(19-8-16-23(31-2)17-9-19)27(26(24)29)20-10-12-21(28)13-11-20/h3,5-17,24-25,28H,4H2,1-2H3/b5-3+/t24-,25-/m1/s1. The van der Waals surface area contributed by atoms with E-state index >= 15 is 0 Å². The van der Waals surface area contributed by atoms with Gasteiger partial charge in [0.25, 0.3) is 0 Å². The lowest BCUT2D eigenvalue weighted by Crippen LogP contribution is -2.54. The number of amides is 1. The molecule has 3 aromatic carbocycles. The molecule has 1 N–H and O–H groups in total. The first kappa shape index (κ1) is 20.5. The topological polar surface area (TPSA) is 59.0 Å². The number of methoxy groups -OCH3 is 2. The lowest BCUT2D eigenvalue weighted by atomic mass is 9.81. The molecule has 158 valence electrons. The van der Waals surface area contributed by atoms with Gasteiger partial charge in [0.1, 0.15) is 17.2 Å². The maximum absolute atomic E-state index is 13.1.